The Balaban J connectivity index is 1.55. The molecule has 2 amide bonds. The van der Waals surface area contributed by atoms with Gasteiger partial charge in [-0.1, -0.05) is 6.92 Å². The average molecular weight is 848 g/mol. The maximum atomic E-state index is 13.5. The van der Waals surface area contributed by atoms with E-state index in [1.54, 1.807) is 67.2 Å². The number of esters is 1. The van der Waals surface area contributed by atoms with Gasteiger partial charge in [-0.3, -0.25) is 4.79 Å². The van der Waals surface area contributed by atoms with E-state index in [4.69, 9.17) is 48.4 Å². The van der Waals surface area contributed by atoms with Crippen molar-refractivity contribution in [3.63, 3.8) is 0 Å². The number of aliphatic hydroxyl groups excluding tert-OH is 2. The number of carbonyl (C=O) groups excluding carboxylic acids is 3. The van der Waals surface area contributed by atoms with Gasteiger partial charge in [0.1, 0.15) is 47.3 Å². The van der Waals surface area contributed by atoms with Gasteiger partial charge in [-0.05, 0) is 102 Å². The quantitative estimate of drug-likeness (QED) is 0.148. The first-order valence-corrected chi connectivity index (χ1v) is 20.8. The fourth-order valence-electron chi connectivity index (χ4n) is 7.72. The first kappa shape index (κ1) is 49.3. The lowest BCUT2D eigenvalue weighted by Gasteiger charge is -2.49. The molecule has 3 saturated heterocycles. The van der Waals surface area contributed by atoms with E-state index in [9.17, 15) is 29.7 Å². The van der Waals surface area contributed by atoms with Crippen LogP contribution in [-0.4, -0.2) is 154 Å². The second kappa shape index (κ2) is 18.9. The molecule has 0 aromatic heterocycles. The third-order valence-corrected chi connectivity index (χ3v) is 10.4. The molecule has 1 aliphatic carbocycles. The van der Waals surface area contributed by atoms with E-state index >= 15 is 0 Å². The van der Waals surface area contributed by atoms with Crippen molar-refractivity contribution in [2.45, 2.75) is 205 Å². The van der Waals surface area contributed by atoms with E-state index in [1.165, 1.54) is 6.92 Å². The van der Waals surface area contributed by atoms with Crippen LogP contribution in [0.25, 0.3) is 0 Å². The summed E-state index contributed by atoms with van der Waals surface area (Å²) >= 11 is 0. The van der Waals surface area contributed by atoms with Gasteiger partial charge in [-0.2, -0.15) is 0 Å². The number of nitrogens with two attached hydrogens (primary N) is 1. The molecule has 3 heterocycles. The highest BCUT2D eigenvalue weighted by molar-refractivity contribution is 5.70. The maximum absolute atomic E-state index is 13.5. The molecule has 0 aromatic carbocycles. The van der Waals surface area contributed by atoms with Gasteiger partial charge >= 0.3 is 18.2 Å². The van der Waals surface area contributed by atoms with E-state index in [0.29, 0.717) is 19.4 Å². The predicted molar refractivity (Wildman–Crippen MR) is 212 cm³/mol. The normalized spacial score (nSPS) is 36.7. The minimum absolute atomic E-state index is 0.0459. The zero-order chi connectivity index (χ0) is 44.5. The van der Waals surface area contributed by atoms with Gasteiger partial charge in [-0.15, -0.1) is 0 Å². The zero-order valence-corrected chi connectivity index (χ0v) is 37.4. The number of rotatable bonds is 11. The molecule has 59 heavy (non-hydrogen) atoms. The lowest BCUT2D eigenvalue weighted by atomic mass is 9.80. The van der Waals surface area contributed by atoms with Crippen molar-refractivity contribution < 1.29 is 72.3 Å². The molecule has 0 bridgehead atoms. The Labute approximate surface area is 349 Å². The zero-order valence-electron chi connectivity index (χ0n) is 37.4. The number of hydrogen-bond acceptors (Lipinski definition) is 16. The van der Waals surface area contributed by atoms with Crippen LogP contribution in [0.15, 0.2) is 0 Å². The van der Waals surface area contributed by atoms with Crippen LogP contribution in [0.4, 0.5) is 9.59 Å². The van der Waals surface area contributed by atoms with Crippen molar-refractivity contribution in [1.82, 2.24) is 10.2 Å². The monoisotopic (exact) mass is 848 g/mol. The lowest BCUT2D eigenvalue weighted by Crippen LogP contribution is -2.67. The van der Waals surface area contributed by atoms with Crippen molar-refractivity contribution in [2.24, 2.45) is 17.6 Å². The molecule has 3 aliphatic heterocycles. The van der Waals surface area contributed by atoms with Crippen molar-refractivity contribution >= 4 is 18.2 Å². The van der Waals surface area contributed by atoms with E-state index in [2.05, 4.69) is 5.32 Å². The molecule has 6 N–H and O–H groups in total. The molecule has 4 aliphatic rings. The van der Waals surface area contributed by atoms with Crippen molar-refractivity contribution in [1.29, 1.82) is 0 Å². The lowest BCUT2D eigenvalue weighted by molar-refractivity contribution is -0.317. The summed E-state index contributed by atoms with van der Waals surface area (Å²) in [7, 11) is 0. The van der Waals surface area contributed by atoms with E-state index < -0.39 is 114 Å². The van der Waals surface area contributed by atoms with E-state index in [0.717, 1.165) is 0 Å². The Hall–Kier alpha value is -2.39. The number of carbonyl (C=O) groups is 3. The number of nitrogens with one attached hydrogen (secondary N) is 1. The molecule has 6 unspecified atom stereocenters. The van der Waals surface area contributed by atoms with Gasteiger partial charge in [0.15, 0.2) is 18.4 Å². The molecular formula is C41H73N3O15. The summed E-state index contributed by atoms with van der Waals surface area (Å²) < 4.78 is 53.6. The van der Waals surface area contributed by atoms with Gasteiger partial charge in [0, 0.05) is 17.9 Å². The molecule has 18 heteroatoms. The maximum Gasteiger partial charge on any atom is 0.410 e. The summed E-state index contributed by atoms with van der Waals surface area (Å²) in [5.41, 5.74) is 2.64. The highest BCUT2D eigenvalue weighted by Gasteiger charge is 2.53. The number of aliphatic hydroxyl groups is 3. The summed E-state index contributed by atoms with van der Waals surface area (Å²) in [5.74, 6) is -2.65. The Morgan fingerprint density at radius 2 is 1.42 bits per heavy atom. The van der Waals surface area contributed by atoms with Crippen molar-refractivity contribution in [3.05, 3.63) is 0 Å². The third kappa shape index (κ3) is 14.6. The van der Waals surface area contributed by atoms with Crippen LogP contribution >= 0.6 is 0 Å². The minimum Gasteiger partial charge on any atom is -0.460 e. The first-order valence-electron chi connectivity index (χ1n) is 20.8. The van der Waals surface area contributed by atoms with Crippen LogP contribution in [0.2, 0.25) is 0 Å². The minimum atomic E-state index is -1.61. The summed E-state index contributed by atoms with van der Waals surface area (Å²) in [6.07, 6.45) is -8.99. The van der Waals surface area contributed by atoms with Gasteiger partial charge in [-0.25, -0.2) is 9.59 Å². The topological polar surface area (TPSA) is 236 Å². The summed E-state index contributed by atoms with van der Waals surface area (Å²) in [4.78, 5) is 41.0. The molecule has 4 fully saturated rings. The van der Waals surface area contributed by atoms with Crippen LogP contribution in [0.5, 0.6) is 0 Å². The standard InChI is InChI=1S/C41H73N3O15/c1-22-14-15-23(18-44(36(49)59-39(8,9)10)19-24-20-52-40(11,12)56-24)53-33(22)55-32-27(43-35(48)58-38(5,6)7)17-26(42)31(30(32)47)54-34-29(46)25(41(13,50)21-51-34)16-28(45)57-37(2,3)4/h22-27,29-34,46-47,50H,14-21,42H2,1-13H3,(H,43,48)/t22?,23-,24+,25+,26+,27-,29?,30?,31?,32?,33+,34+,41?/m0/s1. The third-order valence-electron chi connectivity index (χ3n) is 10.4. The van der Waals surface area contributed by atoms with Gasteiger partial charge in [0.25, 0.3) is 0 Å². The Kier molecular flexibility index (Phi) is 15.8. The summed E-state index contributed by atoms with van der Waals surface area (Å²) in [6.45, 7) is 23.0. The van der Waals surface area contributed by atoms with E-state index in [-0.39, 0.29) is 38.5 Å². The molecule has 0 spiro atoms. The number of hydrogen-bond donors (Lipinski definition) is 5. The highest BCUT2D eigenvalue weighted by atomic mass is 16.7. The Morgan fingerprint density at radius 1 is 0.831 bits per heavy atom. The second-order valence-corrected chi connectivity index (χ2v) is 20.3. The predicted octanol–water partition coefficient (Wildman–Crippen LogP) is 3.09. The fraction of sp³-hybridized carbons (Fsp3) is 0.927. The van der Waals surface area contributed by atoms with Crippen molar-refractivity contribution in [3.8, 4) is 0 Å². The van der Waals surface area contributed by atoms with Crippen molar-refractivity contribution in [2.75, 3.05) is 26.3 Å². The number of amides is 2. The van der Waals surface area contributed by atoms with E-state index in [1.807, 2.05) is 20.8 Å². The fourth-order valence-corrected chi connectivity index (χ4v) is 7.72. The van der Waals surface area contributed by atoms with Crippen LogP contribution in [0.3, 0.4) is 0 Å². The summed E-state index contributed by atoms with van der Waals surface area (Å²) in [5, 5.41) is 37.4. The molecular weight excluding hydrogens is 774 g/mol. The molecule has 13 atom stereocenters. The smallest absolute Gasteiger partial charge is 0.410 e. The molecule has 18 nitrogen and oxygen atoms in total. The average Bonchev–Trinajstić information content (AvgIpc) is 3.40. The van der Waals surface area contributed by atoms with Crippen LogP contribution < -0.4 is 11.1 Å². The molecule has 1 saturated carbocycles. The largest absolute Gasteiger partial charge is 0.460 e. The van der Waals surface area contributed by atoms with Crippen LogP contribution in [0.1, 0.15) is 116 Å². The Morgan fingerprint density at radius 3 is 2.00 bits per heavy atom. The molecule has 0 aromatic rings. The molecule has 4 rings (SSSR count). The number of ether oxygens (including phenoxy) is 9. The summed E-state index contributed by atoms with van der Waals surface area (Å²) in [6, 6.07) is -1.80. The van der Waals surface area contributed by atoms with Gasteiger partial charge < -0.3 is 73.9 Å². The second-order valence-electron chi connectivity index (χ2n) is 20.3. The number of alkyl carbamates (subject to hydrolysis) is 1. The van der Waals surface area contributed by atoms with Crippen LogP contribution in [0, 0.1) is 11.8 Å². The Bertz CT molecular complexity index is 1430. The molecule has 342 valence electrons. The van der Waals surface area contributed by atoms with Gasteiger partial charge in [0.2, 0.25) is 0 Å². The molecule has 0 radical (unpaired) electrons. The SMILES string of the molecule is CC1CC[C@@H](CN(C[C@@H]2COC(C)(C)O2)C(=O)OC(C)(C)C)O[C@@H]1OC1C(O)C(O[C@H]2OCC(C)(O)[C@H](CC(=O)OC(C)(C)C)C2O)[C@H](N)C[C@@H]1NC(=O)OC(C)(C)C. The first-order chi connectivity index (χ1) is 26.9. The number of nitrogens with zero attached hydrogens (tertiary/aromatic N) is 1. The highest BCUT2D eigenvalue weighted by Crippen LogP contribution is 2.37. The van der Waals surface area contributed by atoms with Gasteiger partial charge in [0.05, 0.1) is 50.5 Å². The van der Waals surface area contributed by atoms with Crippen LogP contribution in [-0.2, 0) is 47.4 Å².